The van der Waals surface area contributed by atoms with Crippen LogP contribution in [0.4, 0.5) is 0 Å². The normalized spacial score (nSPS) is 11.8. The maximum atomic E-state index is 12.1. The summed E-state index contributed by atoms with van der Waals surface area (Å²) in [6, 6.07) is 8.77. The summed E-state index contributed by atoms with van der Waals surface area (Å²) in [4.78, 5) is 35.3. The molecule has 0 aliphatic carbocycles. The molecule has 2 N–H and O–H groups in total. The molecule has 0 aliphatic heterocycles. The second kappa shape index (κ2) is 9.40. The first-order chi connectivity index (χ1) is 12.4. The van der Waals surface area contributed by atoms with E-state index >= 15 is 0 Å². The summed E-state index contributed by atoms with van der Waals surface area (Å²) in [5.74, 6) is -1.09. The molecule has 2 rings (SSSR count). The van der Waals surface area contributed by atoms with Crippen LogP contribution in [0.3, 0.4) is 0 Å². The van der Waals surface area contributed by atoms with Gasteiger partial charge in [-0.15, -0.1) is 0 Å². The summed E-state index contributed by atoms with van der Waals surface area (Å²) in [7, 11) is 0. The van der Waals surface area contributed by atoms with Gasteiger partial charge in [-0.05, 0) is 36.6 Å². The molecule has 1 unspecified atom stereocenters. The van der Waals surface area contributed by atoms with Crippen LogP contribution < -0.4 is 10.9 Å². The van der Waals surface area contributed by atoms with Crippen molar-refractivity contribution in [3.8, 4) is 11.3 Å². The largest absolute Gasteiger partial charge is 0.480 e. The minimum Gasteiger partial charge on any atom is -0.480 e. The first-order valence-corrected chi connectivity index (χ1v) is 9.53. The van der Waals surface area contributed by atoms with Crippen LogP contribution in [0.1, 0.15) is 6.42 Å². The molecule has 1 aromatic carbocycles. The molecule has 0 bridgehead atoms. The Morgan fingerprint density at radius 1 is 1.27 bits per heavy atom. The second-order valence-electron chi connectivity index (χ2n) is 5.46. The Balaban J connectivity index is 2.14. The minimum absolute atomic E-state index is 0.301. The minimum atomic E-state index is -1.11. The molecule has 2 aromatic rings. The van der Waals surface area contributed by atoms with Crippen molar-refractivity contribution in [2.24, 2.45) is 0 Å². The van der Waals surface area contributed by atoms with Gasteiger partial charge in [-0.3, -0.25) is 9.59 Å². The Kier molecular flexibility index (Phi) is 7.23. The molecule has 9 heteroatoms. The number of benzene rings is 1. The quantitative estimate of drug-likeness (QED) is 0.707. The molecule has 0 saturated heterocycles. The van der Waals surface area contributed by atoms with Gasteiger partial charge in [-0.1, -0.05) is 23.7 Å². The molecule has 26 heavy (non-hydrogen) atoms. The number of rotatable bonds is 8. The van der Waals surface area contributed by atoms with Gasteiger partial charge in [-0.2, -0.15) is 16.9 Å². The van der Waals surface area contributed by atoms with Crippen molar-refractivity contribution in [1.29, 1.82) is 0 Å². The van der Waals surface area contributed by atoms with Crippen molar-refractivity contribution < 1.29 is 14.7 Å². The van der Waals surface area contributed by atoms with Gasteiger partial charge in [0.25, 0.3) is 5.56 Å². The number of hydrogen-bond donors (Lipinski definition) is 2. The number of carbonyl (C=O) groups excluding carboxylic acids is 1. The van der Waals surface area contributed by atoms with Crippen molar-refractivity contribution in [2.75, 3.05) is 12.0 Å². The van der Waals surface area contributed by atoms with Crippen LogP contribution in [-0.2, 0) is 16.1 Å². The van der Waals surface area contributed by atoms with Crippen LogP contribution in [-0.4, -0.2) is 44.8 Å². The number of nitrogens with zero attached hydrogens (tertiary/aromatic N) is 2. The van der Waals surface area contributed by atoms with Crippen LogP contribution in [0.25, 0.3) is 11.3 Å². The fourth-order valence-electron chi connectivity index (χ4n) is 2.21. The lowest BCUT2D eigenvalue weighted by Crippen LogP contribution is -2.44. The fourth-order valence-corrected chi connectivity index (χ4v) is 2.80. The zero-order valence-electron chi connectivity index (χ0n) is 14.0. The Labute approximate surface area is 159 Å². The molecular formula is C17H18ClN3O4S. The standard InChI is InChI=1S/C17H18ClN3O4S/c1-26-9-8-14(17(24)25)19-15(22)10-21-16(23)7-6-13(20-21)11-2-4-12(18)5-3-11/h2-7,14H,8-10H2,1H3,(H,19,22)(H,24,25). The molecular weight excluding hydrogens is 378 g/mol. The molecule has 1 amide bonds. The predicted molar refractivity (Wildman–Crippen MR) is 102 cm³/mol. The van der Waals surface area contributed by atoms with Crippen LogP contribution in [0.2, 0.25) is 5.02 Å². The van der Waals surface area contributed by atoms with Gasteiger partial charge in [0.15, 0.2) is 0 Å². The summed E-state index contributed by atoms with van der Waals surface area (Å²) in [6.07, 6.45) is 2.15. The fraction of sp³-hybridized carbons (Fsp3) is 0.294. The number of halogens is 1. The summed E-state index contributed by atoms with van der Waals surface area (Å²) in [6.45, 7) is -0.358. The molecule has 0 fully saturated rings. The lowest BCUT2D eigenvalue weighted by atomic mass is 10.1. The Hall–Kier alpha value is -2.32. The number of thioether (sulfide) groups is 1. The monoisotopic (exact) mass is 395 g/mol. The first kappa shape index (κ1) is 20.0. The van der Waals surface area contributed by atoms with Gasteiger partial charge in [0.1, 0.15) is 12.6 Å². The van der Waals surface area contributed by atoms with Gasteiger partial charge >= 0.3 is 5.97 Å². The Morgan fingerprint density at radius 3 is 2.58 bits per heavy atom. The van der Waals surface area contributed by atoms with Crippen molar-refractivity contribution in [3.63, 3.8) is 0 Å². The highest BCUT2D eigenvalue weighted by atomic mass is 35.5. The van der Waals surface area contributed by atoms with Crippen LogP contribution in [0.15, 0.2) is 41.2 Å². The third-order valence-corrected chi connectivity index (χ3v) is 4.44. The van der Waals surface area contributed by atoms with E-state index in [0.29, 0.717) is 22.9 Å². The van der Waals surface area contributed by atoms with E-state index in [1.54, 1.807) is 30.3 Å². The average molecular weight is 396 g/mol. The molecule has 7 nitrogen and oxygen atoms in total. The van der Waals surface area contributed by atoms with E-state index in [1.165, 1.54) is 17.8 Å². The summed E-state index contributed by atoms with van der Waals surface area (Å²) < 4.78 is 1.01. The Bertz CT molecular complexity index is 839. The van der Waals surface area contributed by atoms with E-state index in [4.69, 9.17) is 16.7 Å². The van der Waals surface area contributed by atoms with E-state index in [-0.39, 0.29) is 6.54 Å². The van der Waals surface area contributed by atoms with Gasteiger partial charge in [0, 0.05) is 16.7 Å². The molecule has 1 atom stereocenters. The molecule has 0 saturated carbocycles. The molecule has 1 aromatic heterocycles. The molecule has 0 spiro atoms. The lowest BCUT2D eigenvalue weighted by molar-refractivity contribution is -0.142. The number of hydrogen-bond acceptors (Lipinski definition) is 5. The third-order valence-electron chi connectivity index (χ3n) is 3.54. The van der Waals surface area contributed by atoms with E-state index in [0.717, 1.165) is 10.2 Å². The highest BCUT2D eigenvalue weighted by molar-refractivity contribution is 7.98. The second-order valence-corrected chi connectivity index (χ2v) is 6.88. The van der Waals surface area contributed by atoms with Gasteiger partial charge in [0.2, 0.25) is 5.91 Å². The van der Waals surface area contributed by atoms with Crippen molar-refractivity contribution in [2.45, 2.75) is 19.0 Å². The predicted octanol–water partition coefficient (Wildman–Crippen LogP) is 1.89. The highest BCUT2D eigenvalue weighted by Gasteiger charge is 2.20. The van der Waals surface area contributed by atoms with Crippen molar-refractivity contribution in [3.05, 3.63) is 51.8 Å². The van der Waals surface area contributed by atoms with Crippen LogP contribution in [0, 0.1) is 0 Å². The first-order valence-electron chi connectivity index (χ1n) is 7.76. The molecule has 0 radical (unpaired) electrons. The van der Waals surface area contributed by atoms with Crippen molar-refractivity contribution >= 4 is 35.2 Å². The summed E-state index contributed by atoms with van der Waals surface area (Å²) in [5, 5.41) is 16.3. The number of aliphatic carboxylic acids is 1. The van der Waals surface area contributed by atoms with Gasteiger partial charge < -0.3 is 10.4 Å². The smallest absolute Gasteiger partial charge is 0.326 e. The molecule has 0 aliphatic rings. The SMILES string of the molecule is CSCCC(NC(=O)Cn1nc(-c2ccc(Cl)cc2)ccc1=O)C(=O)O. The third kappa shape index (κ3) is 5.60. The highest BCUT2D eigenvalue weighted by Crippen LogP contribution is 2.18. The lowest BCUT2D eigenvalue weighted by Gasteiger charge is -2.14. The molecule has 1 heterocycles. The zero-order chi connectivity index (χ0) is 19.1. The number of carboxylic acids is 1. The van der Waals surface area contributed by atoms with E-state index in [2.05, 4.69) is 10.4 Å². The van der Waals surface area contributed by atoms with Crippen LogP contribution >= 0.6 is 23.4 Å². The van der Waals surface area contributed by atoms with E-state index < -0.39 is 23.5 Å². The maximum absolute atomic E-state index is 12.1. The molecule has 138 valence electrons. The van der Waals surface area contributed by atoms with Gasteiger partial charge in [0.05, 0.1) is 5.69 Å². The van der Waals surface area contributed by atoms with Gasteiger partial charge in [-0.25, -0.2) is 9.48 Å². The average Bonchev–Trinajstić information content (AvgIpc) is 2.61. The number of aromatic nitrogens is 2. The van der Waals surface area contributed by atoms with E-state index in [1.807, 2.05) is 6.26 Å². The number of carboxylic acid groups (broad SMARTS) is 1. The number of nitrogens with one attached hydrogen (secondary N) is 1. The Morgan fingerprint density at radius 2 is 1.96 bits per heavy atom. The van der Waals surface area contributed by atoms with Crippen LogP contribution in [0.5, 0.6) is 0 Å². The van der Waals surface area contributed by atoms with Crippen molar-refractivity contribution in [1.82, 2.24) is 15.1 Å². The topological polar surface area (TPSA) is 101 Å². The van der Waals surface area contributed by atoms with E-state index in [9.17, 15) is 14.4 Å². The number of carbonyl (C=O) groups is 2. The zero-order valence-corrected chi connectivity index (χ0v) is 15.6. The maximum Gasteiger partial charge on any atom is 0.326 e. The summed E-state index contributed by atoms with van der Waals surface area (Å²) in [5.41, 5.74) is 0.798. The summed E-state index contributed by atoms with van der Waals surface area (Å²) >= 11 is 7.35. The number of amides is 1.